The van der Waals surface area contributed by atoms with E-state index in [1.54, 1.807) is 7.05 Å². The van der Waals surface area contributed by atoms with Crippen LogP contribution in [0.2, 0.25) is 0 Å². The fourth-order valence-corrected chi connectivity index (χ4v) is 0.991. The summed E-state index contributed by atoms with van der Waals surface area (Å²) in [7, 11) is 1.51. The third-order valence-corrected chi connectivity index (χ3v) is 1.82. The molecule has 0 amide bonds. The first-order chi connectivity index (χ1) is 6.93. The predicted molar refractivity (Wildman–Crippen MR) is 49.7 cm³/mol. The van der Waals surface area contributed by atoms with Gasteiger partial charge in [0.2, 0.25) is 0 Å². The smallest absolute Gasteiger partial charge is 0.111 e. The van der Waals surface area contributed by atoms with Gasteiger partial charge in [0.1, 0.15) is 18.3 Å². The third kappa shape index (κ3) is 4.32. The molecule has 0 rings (SSSR count). The summed E-state index contributed by atoms with van der Waals surface area (Å²) in [5.74, 6) is 0. The largest absolute Gasteiger partial charge is 0.394 e. The fraction of sp³-hybridized carbons (Fsp3) is 1.00. The molecule has 4 atom stereocenters. The van der Waals surface area contributed by atoms with Crippen LogP contribution in [0, 0.1) is 0 Å². The van der Waals surface area contributed by atoms with E-state index in [9.17, 15) is 15.3 Å². The normalized spacial score (nSPS) is 21.5. The quantitative estimate of drug-likeness (QED) is 0.320. The minimum absolute atomic E-state index is 0.000124. The van der Waals surface area contributed by atoms with Crippen LogP contribution in [-0.4, -0.2) is 82.1 Å². The minimum atomic E-state index is -1.61. The fourth-order valence-electron chi connectivity index (χ4n) is 0.991. The van der Waals surface area contributed by atoms with Gasteiger partial charge in [0.05, 0.1) is 12.7 Å². The van der Waals surface area contributed by atoms with E-state index in [0.717, 1.165) is 0 Å². The summed E-state index contributed by atoms with van der Waals surface area (Å²) in [5, 5.41) is 45.6. The highest BCUT2D eigenvalue weighted by molar-refractivity contribution is 4.81. The van der Waals surface area contributed by atoms with Crippen LogP contribution in [0.1, 0.15) is 1.37 Å². The van der Waals surface area contributed by atoms with Crippen molar-refractivity contribution in [3.8, 4) is 0 Å². The number of nitrogens with zero attached hydrogens (tertiary/aromatic N) is 1. The first kappa shape index (κ1) is 11.8. The molecule has 0 aromatic heterocycles. The van der Waals surface area contributed by atoms with E-state index >= 15 is 0 Å². The molecule has 0 aliphatic heterocycles. The number of hydrogen-bond acceptors (Lipinski definition) is 6. The summed E-state index contributed by atoms with van der Waals surface area (Å²) in [5.41, 5.74) is 0. The Balaban J connectivity index is 4.12. The molecule has 0 aliphatic rings. The number of aliphatic hydroxyl groups excluding tert-OH is 5. The second kappa shape index (κ2) is 6.28. The van der Waals surface area contributed by atoms with Gasteiger partial charge in [0.15, 0.2) is 0 Å². The van der Waals surface area contributed by atoms with Crippen molar-refractivity contribution in [2.75, 3.05) is 27.2 Å². The van der Waals surface area contributed by atoms with Crippen LogP contribution < -0.4 is 0 Å². The lowest BCUT2D eigenvalue weighted by Crippen LogP contribution is -2.48. The molecular formula is C8H19NO5. The van der Waals surface area contributed by atoms with E-state index in [-0.39, 0.29) is 13.6 Å². The highest BCUT2D eigenvalue weighted by Gasteiger charge is 2.29. The molecule has 0 fully saturated rings. The second-order valence-electron chi connectivity index (χ2n) is 3.34. The summed E-state index contributed by atoms with van der Waals surface area (Å²) in [6, 6.07) is 0. The average molecular weight is 210 g/mol. The number of likely N-dealkylation sites (N-methyl/N-ethyl adjacent to an activating group) is 1. The Kier molecular flexibility index (Phi) is 5.31. The maximum Gasteiger partial charge on any atom is 0.111 e. The Morgan fingerprint density at radius 2 is 1.64 bits per heavy atom. The summed E-state index contributed by atoms with van der Waals surface area (Å²) in [6.45, 7) is -0.695. The molecule has 0 saturated carbocycles. The zero-order valence-electron chi connectivity index (χ0n) is 9.11. The number of aliphatic hydroxyl groups is 5. The minimum Gasteiger partial charge on any atom is -0.394 e. The van der Waals surface area contributed by atoms with Crippen molar-refractivity contribution in [1.82, 2.24) is 4.90 Å². The Hall–Kier alpha value is -0.240. The van der Waals surface area contributed by atoms with Crippen molar-refractivity contribution in [2.24, 2.45) is 0 Å². The highest BCUT2D eigenvalue weighted by Crippen LogP contribution is 2.05. The zero-order chi connectivity index (χ0) is 12.0. The topological polar surface area (TPSA) is 104 Å². The van der Waals surface area contributed by atoms with Gasteiger partial charge < -0.3 is 30.4 Å². The van der Waals surface area contributed by atoms with Crippen molar-refractivity contribution in [2.45, 2.75) is 24.4 Å². The highest BCUT2D eigenvalue weighted by atomic mass is 16.4. The summed E-state index contributed by atoms with van der Waals surface area (Å²) in [4.78, 5) is 1.42. The van der Waals surface area contributed by atoms with Gasteiger partial charge in [-0.15, -0.1) is 0 Å². The lowest BCUT2D eigenvalue weighted by Gasteiger charge is -2.27. The molecule has 0 heterocycles. The molecule has 0 radical (unpaired) electrons. The van der Waals surface area contributed by atoms with Crippen LogP contribution in [0.5, 0.6) is 0 Å². The number of rotatable bonds is 6. The molecule has 6 heteroatoms. The van der Waals surface area contributed by atoms with Crippen molar-refractivity contribution in [3.05, 3.63) is 0 Å². The molecule has 0 bridgehead atoms. The SMILES string of the molecule is [2H]CN(C)C[C@H](O)[C@@H](O)[C@H](O)[C@H](O)CO. The lowest BCUT2D eigenvalue weighted by molar-refractivity contribution is -0.117. The van der Waals surface area contributed by atoms with Gasteiger partial charge >= 0.3 is 0 Å². The van der Waals surface area contributed by atoms with Crippen molar-refractivity contribution in [3.63, 3.8) is 0 Å². The molecule has 14 heavy (non-hydrogen) atoms. The second-order valence-corrected chi connectivity index (χ2v) is 3.34. The van der Waals surface area contributed by atoms with Crippen LogP contribution in [0.4, 0.5) is 0 Å². The lowest BCUT2D eigenvalue weighted by atomic mass is 10.0. The zero-order valence-corrected chi connectivity index (χ0v) is 8.11. The van der Waals surface area contributed by atoms with Gasteiger partial charge in [-0.05, 0) is 14.1 Å². The first-order valence-corrected chi connectivity index (χ1v) is 4.25. The standard InChI is InChI=1S/C8H19NO5/c1-9(2)3-5(11)7(13)8(14)6(12)4-10/h5-8,10-14H,3-4H2,1-2H3/t5-,6+,7+,8+/m0/s1/i1D. The Bertz CT molecular complexity index is 173. The molecule has 0 aliphatic carbocycles. The molecule has 6 nitrogen and oxygen atoms in total. The van der Waals surface area contributed by atoms with Crippen LogP contribution in [0.25, 0.3) is 0 Å². The molecule has 0 saturated heterocycles. The molecule has 86 valence electrons. The van der Waals surface area contributed by atoms with Crippen LogP contribution >= 0.6 is 0 Å². The molecule has 0 aromatic carbocycles. The predicted octanol–water partition coefficient (Wildman–Crippen LogP) is -3.02. The monoisotopic (exact) mass is 210 g/mol. The molecular weight excluding hydrogens is 190 g/mol. The summed E-state index contributed by atoms with van der Waals surface area (Å²) < 4.78 is 6.95. The van der Waals surface area contributed by atoms with E-state index in [1.807, 2.05) is 0 Å². The van der Waals surface area contributed by atoms with E-state index in [4.69, 9.17) is 11.6 Å². The van der Waals surface area contributed by atoms with Gasteiger partial charge in [-0.1, -0.05) is 0 Å². The average Bonchev–Trinajstić information content (AvgIpc) is 2.25. The van der Waals surface area contributed by atoms with Crippen molar-refractivity contribution in [1.29, 1.82) is 0 Å². The molecule has 0 unspecified atom stereocenters. The van der Waals surface area contributed by atoms with Crippen LogP contribution in [0.3, 0.4) is 0 Å². The Labute approximate surface area is 84.4 Å². The van der Waals surface area contributed by atoms with Gasteiger partial charge in [0, 0.05) is 7.92 Å². The van der Waals surface area contributed by atoms with Gasteiger partial charge in [-0.2, -0.15) is 0 Å². The molecule has 5 N–H and O–H groups in total. The first-order valence-electron chi connectivity index (χ1n) is 4.95. The number of hydrogen-bond donors (Lipinski definition) is 5. The van der Waals surface area contributed by atoms with Crippen LogP contribution in [-0.2, 0) is 0 Å². The van der Waals surface area contributed by atoms with Crippen LogP contribution in [0.15, 0.2) is 0 Å². The van der Waals surface area contributed by atoms with Gasteiger partial charge in [-0.25, -0.2) is 0 Å². The van der Waals surface area contributed by atoms with Gasteiger partial charge in [-0.3, -0.25) is 0 Å². The maximum atomic E-state index is 9.41. The third-order valence-electron chi connectivity index (χ3n) is 1.82. The van der Waals surface area contributed by atoms with Gasteiger partial charge in [0.25, 0.3) is 0 Å². The van der Waals surface area contributed by atoms with E-state index in [0.29, 0.717) is 0 Å². The van der Waals surface area contributed by atoms with Crippen molar-refractivity contribution >= 4 is 0 Å². The summed E-state index contributed by atoms with van der Waals surface area (Å²) >= 11 is 0. The van der Waals surface area contributed by atoms with E-state index in [1.165, 1.54) is 4.90 Å². The molecule has 0 spiro atoms. The summed E-state index contributed by atoms with van der Waals surface area (Å²) in [6.07, 6.45) is -5.93. The van der Waals surface area contributed by atoms with Crippen molar-refractivity contribution < 1.29 is 26.9 Å². The maximum absolute atomic E-state index is 9.41. The van der Waals surface area contributed by atoms with E-state index < -0.39 is 31.0 Å². The Morgan fingerprint density at radius 1 is 1.14 bits per heavy atom. The Morgan fingerprint density at radius 3 is 2.07 bits per heavy atom. The molecule has 0 aromatic rings. The van der Waals surface area contributed by atoms with E-state index in [2.05, 4.69) is 0 Å².